The van der Waals surface area contributed by atoms with Gasteiger partial charge in [0.2, 0.25) is 0 Å². The number of benzene rings is 2. The molecular weight excluding hydrogens is 356 g/mol. The van der Waals surface area contributed by atoms with Crippen LogP contribution in [0, 0.1) is 0 Å². The molecule has 7 nitrogen and oxygen atoms in total. The van der Waals surface area contributed by atoms with Gasteiger partial charge in [0.25, 0.3) is 11.8 Å². The molecular formula is C21H18N4O3. The number of amides is 2. The van der Waals surface area contributed by atoms with Crippen molar-refractivity contribution in [3.63, 3.8) is 0 Å². The largest absolute Gasteiger partial charge is 0.459 e. The van der Waals surface area contributed by atoms with Gasteiger partial charge in [-0.3, -0.25) is 14.5 Å². The highest BCUT2D eigenvalue weighted by atomic mass is 16.3. The van der Waals surface area contributed by atoms with E-state index in [9.17, 15) is 9.59 Å². The molecule has 0 radical (unpaired) electrons. The number of anilines is 1. The van der Waals surface area contributed by atoms with E-state index < -0.39 is 5.54 Å². The fourth-order valence-electron chi connectivity index (χ4n) is 3.29. The van der Waals surface area contributed by atoms with E-state index in [1.165, 1.54) is 11.2 Å². The molecule has 0 saturated carbocycles. The first-order valence-corrected chi connectivity index (χ1v) is 8.67. The predicted molar refractivity (Wildman–Crippen MR) is 105 cm³/mol. The highest BCUT2D eigenvalue weighted by Crippen LogP contribution is 2.39. The zero-order valence-electron chi connectivity index (χ0n) is 15.1. The molecule has 0 aliphatic carbocycles. The van der Waals surface area contributed by atoms with Gasteiger partial charge in [0.1, 0.15) is 0 Å². The minimum absolute atomic E-state index is 0.138. The molecule has 0 fully saturated rings. The van der Waals surface area contributed by atoms with Crippen LogP contribution in [0.3, 0.4) is 0 Å². The number of nitrogens with two attached hydrogens (primary N) is 1. The number of rotatable bonds is 4. The number of aliphatic imine (C=N–C) groups is 1. The van der Waals surface area contributed by atoms with Gasteiger partial charge in [-0.05, 0) is 35.4 Å². The minimum Gasteiger partial charge on any atom is -0.459 e. The van der Waals surface area contributed by atoms with Gasteiger partial charge in [-0.2, -0.15) is 0 Å². The number of likely N-dealkylation sites (N-methyl/N-ethyl adjacent to an activating group) is 1. The van der Waals surface area contributed by atoms with E-state index in [1.807, 2.05) is 30.3 Å². The van der Waals surface area contributed by atoms with Crippen molar-refractivity contribution < 1.29 is 14.0 Å². The summed E-state index contributed by atoms with van der Waals surface area (Å²) >= 11 is 0. The fourth-order valence-corrected chi connectivity index (χ4v) is 3.29. The molecule has 3 N–H and O–H groups in total. The molecule has 2 amide bonds. The molecule has 2 heterocycles. The Bertz CT molecular complexity index is 1060. The van der Waals surface area contributed by atoms with Crippen molar-refractivity contribution in [3.05, 3.63) is 89.9 Å². The molecule has 28 heavy (non-hydrogen) atoms. The van der Waals surface area contributed by atoms with Crippen LogP contribution in [0.1, 0.15) is 21.7 Å². The van der Waals surface area contributed by atoms with E-state index >= 15 is 0 Å². The van der Waals surface area contributed by atoms with Crippen LogP contribution in [-0.4, -0.2) is 29.7 Å². The number of nitrogens with zero attached hydrogens (tertiary/aromatic N) is 2. The Balaban J connectivity index is 1.79. The van der Waals surface area contributed by atoms with Crippen LogP contribution < -0.4 is 11.1 Å². The Hall–Kier alpha value is -3.87. The van der Waals surface area contributed by atoms with Gasteiger partial charge in [-0.25, -0.2) is 4.99 Å². The van der Waals surface area contributed by atoms with Crippen LogP contribution in [0.5, 0.6) is 0 Å². The van der Waals surface area contributed by atoms with Crippen LogP contribution >= 0.6 is 0 Å². The molecule has 0 spiro atoms. The van der Waals surface area contributed by atoms with Crippen LogP contribution in [0.25, 0.3) is 0 Å². The Morgan fingerprint density at radius 3 is 2.46 bits per heavy atom. The zero-order chi connectivity index (χ0) is 19.7. The summed E-state index contributed by atoms with van der Waals surface area (Å²) in [6.45, 7) is 0. The normalized spacial score (nSPS) is 18.8. The molecule has 2 aromatic carbocycles. The van der Waals surface area contributed by atoms with E-state index in [4.69, 9.17) is 10.2 Å². The minimum atomic E-state index is -1.30. The number of guanidine groups is 1. The highest BCUT2D eigenvalue weighted by molar-refractivity contribution is 6.09. The van der Waals surface area contributed by atoms with Crippen LogP contribution in [-0.2, 0) is 10.3 Å². The monoisotopic (exact) mass is 374 g/mol. The van der Waals surface area contributed by atoms with Gasteiger partial charge in [0.05, 0.1) is 6.26 Å². The standard InChI is InChI=1S/C21H18N4O3/c1-25-19(27)21(24-20(25)22,14-7-3-2-4-8-14)15-9-5-10-16(13-15)23-18(26)17-11-6-12-28-17/h2-13H,1H3,(H2,22,24)(H,23,26). The number of nitrogens with one attached hydrogen (secondary N) is 1. The third-order valence-corrected chi connectivity index (χ3v) is 4.71. The Kier molecular flexibility index (Phi) is 4.19. The molecule has 1 aromatic heterocycles. The molecule has 7 heteroatoms. The smallest absolute Gasteiger partial charge is 0.291 e. The second-order valence-corrected chi connectivity index (χ2v) is 6.42. The van der Waals surface area contributed by atoms with Crippen molar-refractivity contribution in [2.75, 3.05) is 12.4 Å². The van der Waals surface area contributed by atoms with Gasteiger partial charge in [0.15, 0.2) is 17.3 Å². The van der Waals surface area contributed by atoms with Crippen molar-refractivity contribution in [2.45, 2.75) is 5.54 Å². The summed E-state index contributed by atoms with van der Waals surface area (Å²) < 4.78 is 5.12. The number of carbonyl (C=O) groups is 2. The van der Waals surface area contributed by atoms with Gasteiger partial charge < -0.3 is 15.5 Å². The van der Waals surface area contributed by atoms with Gasteiger partial charge in [-0.15, -0.1) is 0 Å². The maximum absolute atomic E-state index is 13.2. The van der Waals surface area contributed by atoms with E-state index in [0.29, 0.717) is 16.8 Å². The second-order valence-electron chi connectivity index (χ2n) is 6.42. The Labute approximate surface area is 161 Å². The summed E-state index contributed by atoms with van der Waals surface area (Å²) in [7, 11) is 1.59. The lowest BCUT2D eigenvalue weighted by atomic mass is 9.82. The summed E-state index contributed by atoms with van der Waals surface area (Å²) in [6, 6.07) is 19.5. The second kappa shape index (κ2) is 6.70. The topological polar surface area (TPSA) is 101 Å². The van der Waals surface area contributed by atoms with Gasteiger partial charge >= 0.3 is 0 Å². The highest BCUT2D eigenvalue weighted by Gasteiger charge is 2.49. The van der Waals surface area contributed by atoms with E-state index in [1.54, 1.807) is 43.4 Å². The third kappa shape index (κ3) is 2.73. The first kappa shape index (κ1) is 17.5. The lowest BCUT2D eigenvalue weighted by Gasteiger charge is -2.26. The molecule has 3 aromatic rings. The Morgan fingerprint density at radius 1 is 1.07 bits per heavy atom. The van der Waals surface area contributed by atoms with Crippen LogP contribution in [0.15, 0.2) is 82.4 Å². The van der Waals surface area contributed by atoms with Crippen LogP contribution in [0.4, 0.5) is 5.69 Å². The van der Waals surface area contributed by atoms with Crippen molar-refractivity contribution in [3.8, 4) is 0 Å². The summed E-state index contributed by atoms with van der Waals surface area (Å²) in [6.07, 6.45) is 1.43. The molecule has 1 aliphatic heterocycles. The lowest BCUT2D eigenvalue weighted by molar-refractivity contribution is -0.129. The van der Waals surface area contributed by atoms with Crippen molar-refractivity contribution in [1.82, 2.24) is 4.90 Å². The van der Waals surface area contributed by atoms with Crippen molar-refractivity contribution >= 4 is 23.5 Å². The van der Waals surface area contributed by atoms with Crippen molar-refractivity contribution in [2.24, 2.45) is 10.7 Å². The first-order valence-electron chi connectivity index (χ1n) is 8.67. The van der Waals surface area contributed by atoms with E-state index in [-0.39, 0.29) is 23.5 Å². The lowest BCUT2D eigenvalue weighted by Crippen LogP contribution is -2.41. The van der Waals surface area contributed by atoms with Gasteiger partial charge in [-0.1, -0.05) is 42.5 Å². The summed E-state index contributed by atoms with van der Waals surface area (Å²) in [5.74, 6) is -0.305. The molecule has 0 bridgehead atoms. The predicted octanol–water partition coefficient (Wildman–Crippen LogP) is 2.56. The molecule has 4 rings (SSSR count). The first-order chi connectivity index (χ1) is 13.5. The number of hydrogen-bond acceptors (Lipinski definition) is 5. The average Bonchev–Trinajstić information content (AvgIpc) is 3.33. The molecule has 1 unspecified atom stereocenters. The van der Waals surface area contributed by atoms with E-state index in [2.05, 4.69) is 10.3 Å². The fraction of sp³-hybridized carbons (Fsp3) is 0.0952. The quantitative estimate of drug-likeness (QED) is 0.733. The summed E-state index contributed by atoms with van der Waals surface area (Å²) in [5, 5.41) is 2.78. The molecule has 0 saturated heterocycles. The maximum atomic E-state index is 13.2. The summed E-state index contributed by atoms with van der Waals surface area (Å²) in [4.78, 5) is 31.4. The van der Waals surface area contributed by atoms with E-state index in [0.717, 1.165) is 0 Å². The summed E-state index contributed by atoms with van der Waals surface area (Å²) in [5.41, 5.74) is 6.49. The zero-order valence-corrected chi connectivity index (χ0v) is 15.1. The number of furan rings is 1. The average molecular weight is 374 g/mol. The third-order valence-electron chi connectivity index (χ3n) is 4.71. The van der Waals surface area contributed by atoms with Gasteiger partial charge in [0, 0.05) is 12.7 Å². The SMILES string of the molecule is CN1C(=O)C(c2ccccc2)(c2cccc(NC(=O)c3ccco3)c2)N=C1N. The molecule has 1 atom stereocenters. The van der Waals surface area contributed by atoms with Crippen LogP contribution in [0.2, 0.25) is 0 Å². The Morgan fingerprint density at radius 2 is 1.82 bits per heavy atom. The molecule has 1 aliphatic rings. The number of hydrogen-bond donors (Lipinski definition) is 2. The number of carbonyl (C=O) groups excluding carboxylic acids is 2. The molecule has 140 valence electrons. The maximum Gasteiger partial charge on any atom is 0.291 e. The van der Waals surface area contributed by atoms with Crippen molar-refractivity contribution in [1.29, 1.82) is 0 Å².